The van der Waals surface area contributed by atoms with Crippen LogP contribution in [0.4, 0.5) is 0 Å². The standard InChI is InChI=1S/C22H23BrN2O3S/c23-15-8-6-14(7-9-15)21-17-5-3-4-16(17)20-18(24-21)10-11-19(22(20)26)29(27,28)25-12-1-2-13-25/h3-4,6-11,16-17,19,21,24H,1-2,5,12-13H2/t16-,17+,19?,21+/m0/s1. The molecule has 4 aliphatic rings. The van der Waals surface area contributed by atoms with E-state index in [1.807, 2.05) is 18.2 Å². The fraction of sp³-hybridized carbons (Fsp3) is 0.409. The van der Waals surface area contributed by atoms with Gasteiger partial charge in [0.25, 0.3) is 0 Å². The van der Waals surface area contributed by atoms with Gasteiger partial charge in [0.1, 0.15) is 0 Å². The molecule has 1 aromatic carbocycles. The summed E-state index contributed by atoms with van der Waals surface area (Å²) in [7, 11) is -3.65. The minimum absolute atomic E-state index is 0.0476. The van der Waals surface area contributed by atoms with E-state index in [4.69, 9.17) is 0 Å². The van der Waals surface area contributed by atoms with E-state index in [9.17, 15) is 13.2 Å². The first-order valence-electron chi connectivity index (χ1n) is 10.1. The van der Waals surface area contributed by atoms with E-state index in [0.717, 1.165) is 29.4 Å². The van der Waals surface area contributed by atoms with Crippen molar-refractivity contribution in [2.45, 2.75) is 30.6 Å². The number of hydrogen-bond donors (Lipinski definition) is 1. The minimum Gasteiger partial charge on any atom is -0.378 e. The number of sulfonamides is 1. The summed E-state index contributed by atoms with van der Waals surface area (Å²) >= 11 is 3.48. The molecule has 1 unspecified atom stereocenters. The fourth-order valence-electron chi connectivity index (χ4n) is 5.05. The van der Waals surface area contributed by atoms with Crippen LogP contribution in [0.5, 0.6) is 0 Å². The highest BCUT2D eigenvalue weighted by Gasteiger charge is 2.47. The van der Waals surface area contributed by atoms with Crippen LogP contribution >= 0.6 is 15.9 Å². The number of halogens is 1. The summed E-state index contributed by atoms with van der Waals surface area (Å²) in [4.78, 5) is 13.4. The van der Waals surface area contributed by atoms with Crippen LogP contribution in [0.25, 0.3) is 0 Å². The molecular formula is C22H23BrN2O3S. The number of hydrogen-bond acceptors (Lipinski definition) is 4. The lowest BCUT2D eigenvalue weighted by atomic mass is 9.74. The second kappa shape index (κ2) is 7.22. The van der Waals surface area contributed by atoms with Crippen molar-refractivity contribution < 1.29 is 13.2 Å². The molecule has 0 amide bonds. The number of carbonyl (C=O) groups is 1. The molecule has 1 aromatic rings. The van der Waals surface area contributed by atoms with Gasteiger partial charge in [-0.25, -0.2) is 12.7 Å². The van der Waals surface area contributed by atoms with Gasteiger partial charge in [0.15, 0.2) is 11.0 Å². The zero-order valence-corrected chi connectivity index (χ0v) is 18.3. The van der Waals surface area contributed by atoms with Crippen molar-refractivity contribution in [2.24, 2.45) is 11.8 Å². The third-order valence-corrected chi connectivity index (χ3v) is 9.14. The number of fused-ring (bicyclic) bond motifs is 2. The van der Waals surface area contributed by atoms with E-state index in [1.165, 1.54) is 9.87 Å². The number of ketones is 1. The molecule has 0 radical (unpaired) electrons. The van der Waals surface area contributed by atoms with Crippen molar-refractivity contribution in [3.63, 3.8) is 0 Å². The molecule has 152 valence electrons. The summed E-state index contributed by atoms with van der Waals surface area (Å²) in [5, 5.41) is 2.45. The van der Waals surface area contributed by atoms with Gasteiger partial charge in [-0.15, -0.1) is 0 Å². The zero-order chi connectivity index (χ0) is 20.2. The van der Waals surface area contributed by atoms with Gasteiger partial charge in [0, 0.05) is 34.8 Å². The van der Waals surface area contributed by atoms with Crippen molar-refractivity contribution in [2.75, 3.05) is 13.1 Å². The van der Waals surface area contributed by atoms with E-state index in [1.54, 1.807) is 6.08 Å². The number of rotatable bonds is 3. The Bertz CT molecular complexity index is 1040. The molecule has 5 rings (SSSR count). The smallest absolute Gasteiger partial charge is 0.228 e. The molecule has 1 fully saturated rings. The normalized spacial score (nSPS) is 31.7. The second-order valence-electron chi connectivity index (χ2n) is 8.15. The van der Waals surface area contributed by atoms with Crippen LogP contribution in [0.3, 0.4) is 0 Å². The van der Waals surface area contributed by atoms with Crippen LogP contribution in [-0.2, 0) is 14.8 Å². The number of nitrogens with one attached hydrogen (secondary N) is 1. The molecule has 0 aromatic heterocycles. The highest BCUT2D eigenvalue weighted by molar-refractivity contribution is 9.10. The quantitative estimate of drug-likeness (QED) is 0.680. The number of Topliss-reactive ketones (excluding diaryl/α,β-unsaturated/α-hetero) is 1. The van der Waals surface area contributed by atoms with Gasteiger partial charge >= 0.3 is 0 Å². The van der Waals surface area contributed by atoms with Gasteiger partial charge in [-0.3, -0.25) is 4.79 Å². The van der Waals surface area contributed by atoms with E-state index < -0.39 is 15.3 Å². The number of carbonyl (C=O) groups excluding carboxylic acids is 1. The lowest BCUT2D eigenvalue weighted by Crippen LogP contribution is -2.47. The number of benzene rings is 1. The van der Waals surface area contributed by atoms with Crippen LogP contribution in [-0.4, -0.2) is 36.8 Å². The third-order valence-electron chi connectivity index (χ3n) is 6.51. The van der Waals surface area contributed by atoms with Crippen molar-refractivity contribution in [1.82, 2.24) is 9.62 Å². The Balaban J connectivity index is 1.50. The molecule has 2 aliphatic heterocycles. The van der Waals surface area contributed by atoms with Crippen molar-refractivity contribution in [1.29, 1.82) is 0 Å². The SMILES string of the molecule is O=C1C2=C(C=CC1S(=O)(=O)N1CCCC1)N[C@H](c1ccc(Br)cc1)[C@@H]1CC=C[C@H]21. The predicted octanol–water partition coefficient (Wildman–Crippen LogP) is 3.47. The largest absolute Gasteiger partial charge is 0.378 e. The summed E-state index contributed by atoms with van der Waals surface area (Å²) in [6, 6.07) is 8.33. The van der Waals surface area contributed by atoms with Crippen LogP contribution in [0.15, 0.2) is 64.3 Å². The Morgan fingerprint density at radius 3 is 2.52 bits per heavy atom. The van der Waals surface area contributed by atoms with Crippen LogP contribution in [0.1, 0.15) is 30.9 Å². The maximum atomic E-state index is 13.4. The van der Waals surface area contributed by atoms with Gasteiger partial charge < -0.3 is 5.32 Å². The third kappa shape index (κ3) is 3.14. The Hall–Kier alpha value is -1.70. The molecule has 7 heteroatoms. The summed E-state index contributed by atoms with van der Waals surface area (Å²) in [5.41, 5.74) is 2.57. The van der Waals surface area contributed by atoms with Crippen LogP contribution in [0.2, 0.25) is 0 Å². The average molecular weight is 475 g/mol. The van der Waals surface area contributed by atoms with Crippen LogP contribution in [0, 0.1) is 11.8 Å². The molecule has 0 bridgehead atoms. The summed E-state index contributed by atoms with van der Waals surface area (Å²) in [6.45, 7) is 1.03. The fourth-order valence-corrected chi connectivity index (χ4v) is 7.08. The zero-order valence-electron chi connectivity index (χ0n) is 15.9. The van der Waals surface area contributed by atoms with E-state index in [-0.39, 0.29) is 23.7 Å². The second-order valence-corrected chi connectivity index (χ2v) is 11.1. The molecule has 5 nitrogen and oxygen atoms in total. The van der Waals surface area contributed by atoms with E-state index in [2.05, 4.69) is 45.5 Å². The molecule has 29 heavy (non-hydrogen) atoms. The Morgan fingerprint density at radius 2 is 1.79 bits per heavy atom. The summed E-state index contributed by atoms with van der Waals surface area (Å²) in [5.74, 6) is -0.105. The molecule has 1 saturated heterocycles. The van der Waals surface area contributed by atoms with Gasteiger partial charge in [-0.2, -0.15) is 0 Å². The Kier molecular flexibility index (Phi) is 4.80. The predicted molar refractivity (Wildman–Crippen MR) is 115 cm³/mol. The van der Waals surface area contributed by atoms with Gasteiger partial charge in [0.2, 0.25) is 10.0 Å². The first-order valence-corrected chi connectivity index (χ1v) is 12.4. The van der Waals surface area contributed by atoms with Gasteiger partial charge in [-0.1, -0.05) is 46.3 Å². The van der Waals surface area contributed by atoms with Crippen molar-refractivity contribution >= 4 is 31.7 Å². The average Bonchev–Trinajstić information content (AvgIpc) is 3.40. The van der Waals surface area contributed by atoms with Crippen molar-refractivity contribution in [3.05, 3.63) is 69.9 Å². The molecule has 0 spiro atoms. The Morgan fingerprint density at radius 1 is 1.07 bits per heavy atom. The minimum atomic E-state index is -3.65. The van der Waals surface area contributed by atoms with Crippen LogP contribution < -0.4 is 5.32 Å². The highest BCUT2D eigenvalue weighted by Crippen LogP contribution is 2.46. The number of nitrogens with zero attached hydrogens (tertiary/aromatic N) is 1. The maximum Gasteiger partial charge on any atom is 0.228 e. The molecule has 2 heterocycles. The lowest BCUT2D eigenvalue weighted by molar-refractivity contribution is -0.115. The topological polar surface area (TPSA) is 66.5 Å². The maximum absolute atomic E-state index is 13.4. The first-order chi connectivity index (χ1) is 14.0. The molecular weight excluding hydrogens is 452 g/mol. The first kappa shape index (κ1) is 19.3. The summed E-state index contributed by atoms with van der Waals surface area (Å²) < 4.78 is 28.7. The molecule has 2 aliphatic carbocycles. The van der Waals surface area contributed by atoms with Gasteiger partial charge in [-0.05, 0) is 49.0 Å². The molecule has 1 N–H and O–H groups in total. The highest BCUT2D eigenvalue weighted by atomic mass is 79.9. The van der Waals surface area contributed by atoms with Gasteiger partial charge in [0.05, 0.1) is 6.04 Å². The Labute approximate surface area is 179 Å². The molecule has 4 atom stereocenters. The van der Waals surface area contributed by atoms with E-state index >= 15 is 0 Å². The van der Waals surface area contributed by atoms with E-state index in [0.29, 0.717) is 18.7 Å². The summed E-state index contributed by atoms with van der Waals surface area (Å²) in [6.07, 6.45) is 10.2. The number of allylic oxidation sites excluding steroid dienone is 4. The lowest BCUT2D eigenvalue weighted by Gasteiger charge is -2.40. The monoisotopic (exact) mass is 474 g/mol. The molecule has 0 saturated carbocycles. The van der Waals surface area contributed by atoms with Crippen molar-refractivity contribution in [3.8, 4) is 0 Å².